The Labute approximate surface area is 105 Å². The summed E-state index contributed by atoms with van der Waals surface area (Å²) in [6.45, 7) is 1.34. The van der Waals surface area contributed by atoms with E-state index in [-0.39, 0.29) is 6.10 Å². The van der Waals surface area contributed by atoms with Crippen LogP contribution >= 0.6 is 0 Å². The highest BCUT2D eigenvalue weighted by molar-refractivity contribution is 5.76. The molecule has 18 heavy (non-hydrogen) atoms. The number of fused-ring (bicyclic) bond motifs is 1. The molecule has 0 bridgehead atoms. The van der Waals surface area contributed by atoms with Crippen molar-refractivity contribution in [2.75, 3.05) is 0 Å². The summed E-state index contributed by atoms with van der Waals surface area (Å²) in [7, 11) is 0. The van der Waals surface area contributed by atoms with E-state index in [9.17, 15) is 4.79 Å². The van der Waals surface area contributed by atoms with Gasteiger partial charge in [0.1, 0.15) is 0 Å². The zero-order valence-electron chi connectivity index (χ0n) is 9.95. The lowest BCUT2D eigenvalue weighted by Gasteiger charge is -2.10. The molecule has 1 aliphatic rings. The molecule has 2 aromatic rings. The Bertz CT molecular complexity index is 548. The molecule has 4 heteroatoms. The van der Waals surface area contributed by atoms with Crippen LogP contribution < -0.4 is 0 Å². The van der Waals surface area contributed by atoms with Crippen LogP contribution in [0.3, 0.4) is 0 Å². The van der Waals surface area contributed by atoms with Gasteiger partial charge in [-0.1, -0.05) is 30.3 Å². The van der Waals surface area contributed by atoms with Gasteiger partial charge < -0.3 is 4.74 Å². The fraction of sp³-hybridized carbons (Fsp3) is 0.286. The summed E-state index contributed by atoms with van der Waals surface area (Å²) in [4.78, 5) is 10.8. The van der Waals surface area contributed by atoms with Gasteiger partial charge in [-0.15, -0.1) is 0 Å². The molecule has 1 atom stereocenters. The van der Waals surface area contributed by atoms with Crippen molar-refractivity contribution in [3.05, 3.63) is 53.3 Å². The van der Waals surface area contributed by atoms with E-state index in [0.29, 0.717) is 12.2 Å². The summed E-state index contributed by atoms with van der Waals surface area (Å²) >= 11 is 0. The van der Waals surface area contributed by atoms with Crippen LogP contribution in [0.4, 0.5) is 0 Å². The number of hydrogen-bond acceptors (Lipinski definition) is 3. The molecule has 0 fully saturated rings. The first kappa shape index (κ1) is 11.2. The van der Waals surface area contributed by atoms with E-state index in [4.69, 9.17) is 4.74 Å². The highest BCUT2D eigenvalue weighted by Crippen LogP contribution is 2.20. The van der Waals surface area contributed by atoms with Crippen LogP contribution in [0.5, 0.6) is 0 Å². The van der Waals surface area contributed by atoms with Crippen LogP contribution in [0.15, 0.2) is 36.5 Å². The van der Waals surface area contributed by atoms with Crippen molar-refractivity contribution in [2.45, 2.75) is 25.7 Å². The zero-order chi connectivity index (χ0) is 12.4. The first-order valence-electron chi connectivity index (χ1n) is 6.02. The van der Waals surface area contributed by atoms with E-state index in [2.05, 4.69) is 5.10 Å². The SMILES string of the molecule is O=Cc1cnn2c1CC(OCc1ccccc1)C2. The van der Waals surface area contributed by atoms with Gasteiger partial charge in [-0.05, 0) is 5.56 Å². The van der Waals surface area contributed by atoms with Crippen LogP contribution in [0.1, 0.15) is 21.6 Å². The van der Waals surface area contributed by atoms with Crippen LogP contribution in [0, 0.1) is 0 Å². The van der Waals surface area contributed by atoms with E-state index in [1.165, 1.54) is 0 Å². The van der Waals surface area contributed by atoms with Gasteiger partial charge in [0.05, 0.1) is 36.7 Å². The topological polar surface area (TPSA) is 44.1 Å². The maximum Gasteiger partial charge on any atom is 0.153 e. The number of carbonyl (C=O) groups excluding carboxylic acids is 1. The molecule has 0 aliphatic carbocycles. The van der Waals surface area contributed by atoms with E-state index in [1.807, 2.05) is 35.0 Å². The lowest BCUT2D eigenvalue weighted by molar-refractivity contribution is 0.0403. The Kier molecular flexibility index (Phi) is 2.94. The standard InChI is InChI=1S/C14H14N2O2/c17-9-12-7-15-16-8-13(6-14(12)16)18-10-11-4-2-1-3-5-11/h1-5,7,9,13H,6,8,10H2. The summed E-state index contributed by atoms with van der Waals surface area (Å²) in [5, 5.41) is 4.18. The van der Waals surface area contributed by atoms with Gasteiger partial charge in [0.25, 0.3) is 0 Å². The second kappa shape index (κ2) is 4.74. The van der Waals surface area contributed by atoms with Crippen LogP contribution in [-0.4, -0.2) is 22.2 Å². The number of benzene rings is 1. The van der Waals surface area contributed by atoms with Gasteiger partial charge in [-0.3, -0.25) is 9.48 Å². The summed E-state index contributed by atoms with van der Waals surface area (Å²) in [5.41, 5.74) is 2.83. The second-order valence-electron chi connectivity index (χ2n) is 4.47. The summed E-state index contributed by atoms with van der Waals surface area (Å²) in [5.74, 6) is 0. The van der Waals surface area contributed by atoms with Gasteiger partial charge >= 0.3 is 0 Å². The average molecular weight is 242 g/mol. The minimum atomic E-state index is 0.118. The highest BCUT2D eigenvalue weighted by Gasteiger charge is 2.25. The molecule has 0 spiro atoms. The summed E-state index contributed by atoms with van der Waals surface area (Å²) < 4.78 is 7.71. The number of nitrogens with zero attached hydrogens (tertiary/aromatic N) is 2. The number of aromatic nitrogens is 2. The predicted octanol–water partition coefficient (Wildman–Crippen LogP) is 1.84. The quantitative estimate of drug-likeness (QED) is 0.768. The third kappa shape index (κ3) is 2.07. The number of ether oxygens (including phenoxy) is 1. The van der Waals surface area contributed by atoms with E-state index in [0.717, 1.165) is 30.5 Å². The fourth-order valence-corrected chi connectivity index (χ4v) is 2.28. The lowest BCUT2D eigenvalue weighted by Crippen LogP contribution is -2.14. The summed E-state index contributed by atoms with van der Waals surface area (Å²) in [6, 6.07) is 10.1. The molecule has 0 saturated heterocycles. The first-order chi connectivity index (χ1) is 8.86. The molecule has 3 rings (SSSR count). The Morgan fingerprint density at radius 2 is 2.22 bits per heavy atom. The van der Waals surface area contributed by atoms with Gasteiger partial charge in [0, 0.05) is 6.42 Å². The smallest absolute Gasteiger partial charge is 0.153 e. The van der Waals surface area contributed by atoms with Crippen LogP contribution in [0.25, 0.3) is 0 Å². The van der Waals surface area contributed by atoms with Gasteiger partial charge in [-0.25, -0.2) is 0 Å². The molecule has 1 aromatic carbocycles. The van der Waals surface area contributed by atoms with Gasteiger partial charge in [0.2, 0.25) is 0 Å². The maximum atomic E-state index is 10.8. The molecular formula is C14H14N2O2. The highest BCUT2D eigenvalue weighted by atomic mass is 16.5. The normalized spacial score (nSPS) is 17.7. The molecule has 1 aliphatic heterocycles. The van der Waals surface area contributed by atoms with Crippen molar-refractivity contribution in [2.24, 2.45) is 0 Å². The molecule has 0 amide bonds. The van der Waals surface area contributed by atoms with Crippen molar-refractivity contribution < 1.29 is 9.53 Å². The van der Waals surface area contributed by atoms with Crippen molar-refractivity contribution in [1.82, 2.24) is 9.78 Å². The molecular weight excluding hydrogens is 228 g/mol. The van der Waals surface area contributed by atoms with Crippen molar-refractivity contribution in [3.8, 4) is 0 Å². The molecule has 1 unspecified atom stereocenters. The predicted molar refractivity (Wildman–Crippen MR) is 66.3 cm³/mol. The molecule has 1 aromatic heterocycles. The zero-order valence-corrected chi connectivity index (χ0v) is 9.95. The molecule has 92 valence electrons. The van der Waals surface area contributed by atoms with Crippen molar-refractivity contribution >= 4 is 6.29 Å². The third-order valence-corrected chi connectivity index (χ3v) is 3.23. The molecule has 0 saturated carbocycles. The number of rotatable bonds is 4. The molecule has 2 heterocycles. The Balaban J connectivity index is 1.61. The first-order valence-corrected chi connectivity index (χ1v) is 6.02. The lowest BCUT2D eigenvalue weighted by atomic mass is 10.2. The minimum absolute atomic E-state index is 0.118. The summed E-state index contributed by atoms with van der Waals surface area (Å²) in [6.07, 6.45) is 3.36. The fourth-order valence-electron chi connectivity index (χ4n) is 2.28. The Morgan fingerprint density at radius 1 is 1.39 bits per heavy atom. The second-order valence-corrected chi connectivity index (χ2v) is 4.47. The number of carbonyl (C=O) groups is 1. The van der Waals surface area contributed by atoms with Crippen LogP contribution in [0.2, 0.25) is 0 Å². The van der Waals surface area contributed by atoms with Crippen LogP contribution in [-0.2, 0) is 24.3 Å². The van der Waals surface area contributed by atoms with E-state index < -0.39 is 0 Å². The monoisotopic (exact) mass is 242 g/mol. The minimum Gasteiger partial charge on any atom is -0.371 e. The molecule has 0 radical (unpaired) electrons. The molecule has 4 nitrogen and oxygen atoms in total. The van der Waals surface area contributed by atoms with E-state index in [1.54, 1.807) is 6.20 Å². The largest absolute Gasteiger partial charge is 0.371 e. The van der Waals surface area contributed by atoms with E-state index >= 15 is 0 Å². The van der Waals surface area contributed by atoms with Gasteiger partial charge in [-0.2, -0.15) is 5.10 Å². The Morgan fingerprint density at radius 3 is 3.00 bits per heavy atom. The Hall–Kier alpha value is -1.94. The maximum absolute atomic E-state index is 10.8. The van der Waals surface area contributed by atoms with Crippen molar-refractivity contribution in [1.29, 1.82) is 0 Å². The number of hydrogen-bond donors (Lipinski definition) is 0. The average Bonchev–Trinajstić information content (AvgIpc) is 2.97. The third-order valence-electron chi connectivity index (χ3n) is 3.23. The van der Waals surface area contributed by atoms with Crippen molar-refractivity contribution in [3.63, 3.8) is 0 Å². The molecule has 0 N–H and O–H groups in total. The number of aldehydes is 1. The van der Waals surface area contributed by atoms with Gasteiger partial charge in [0.15, 0.2) is 6.29 Å².